The summed E-state index contributed by atoms with van der Waals surface area (Å²) in [7, 11) is 2.96. The fourth-order valence-electron chi connectivity index (χ4n) is 1.67. The van der Waals surface area contributed by atoms with E-state index in [0.29, 0.717) is 16.5 Å². The van der Waals surface area contributed by atoms with E-state index in [1.807, 2.05) is 6.07 Å². The minimum absolute atomic E-state index is 0.488. The third-order valence-corrected chi connectivity index (χ3v) is 2.65. The van der Waals surface area contributed by atoms with E-state index < -0.39 is 6.29 Å². The van der Waals surface area contributed by atoms with E-state index in [9.17, 15) is 5.11 Å². The molecule has 86 valence electrons. The van der Waals surface area contributed by atoms with Crippen molar-refractivity contribution in [1.29, 1.82) is 0 Å². The van der Waals surface area contributed by atoms with Crippen molar-refractivity contribution in [2.24, 2.45) is 0 Å². The molecule has 2 aromatic rings. The second-order valence-electron chi connectivity index (χ2n) is 3.35. The molecule has 1 aromatic heterocycles. The van der Waals surface area contributed by atoms with Gasteiger partial charge in [-0.2, -0.15) is 0 Å². The summed E-state index contributed by atoms with van der Waals surface area (Å²) in [5, 5.41) is 11.1. The molecule has 1 aromatic carbocycles. The quantitative estimate of drug-likeness (QED) is 0.812. The zero-order valence-electron chi connectivity index (χ0n) is 8.95. The molecule has 1 atom stereocenters. The van der Waals surface area contributed by atoms with Crippen LogP contribution in [0.15, 0.2) is 18.2 Å². The van der Waals surface area contributed by atoms with Crippen LogP contribution in [0.5, 0.6) is 5.75 Å². The monoisotopic (exact) mass is 241 g/mol. The van der Waals surface area contributed by atoms with E-state index in [1.165, 1.54) is 14.2 Å². The number of rotatable bonds is 3. The van der Waals surface area contributed by atoms with Gasteiger partial charge in [0.05, 0.1) is 7.11 Å². The van der Waals surface area contributed by atoms with Crippen molar-refractivity contribution < 1.29 is 14.6 Å². The maximum Gasteiger partial charge on any atom is 0.199 e. The van der Waals surface area contributed by atoms with Crippen molar-refractivity contribution in [3.05, 3.63) is 28.9 Å². The normalized spacial score (nSPS) is 13.0. The third kappa shape index (κ3) is 1.75. The summed E-state index contributed by atoms with van der Waals surface area (Å²) in [5.74, 6) is 0.548. The van der Waals surface area contributed by atoms with Crippen LogP contribution in [-0.4, -0.2) is 24.3 Å². The van der Waals surface area contributed by atoms with Gasteiger partial charge in [0.25, 0.3) is 0 Å². The van der Waals surface area contributed by atoms with Crippen molar-refractivity contribution in [2.45, 2.75) is 6.29 Å². The number of fused-ring (bicyclic) bond motifs is 1. The molecule has 0 aliphatic heterocycles. The number of aromatic nitrogens is 1. The number of hydrogen-bond acceptors (Lipinski definition) is 3. The molecule has 2 N–H and O–H groups in total. The number of aromatic amines is 1. The van der Waals surface area contributed by atoms with Gasteiger partial charge in [-0.15, -0.1) is 0 Å². The minimum atomic E-state index is -1.04. The van der Waals surface area contributed by atoms with Crippen LogP contribution in [0.3, 0.4) is 0 Å². The molecule has 0 spiro atoms. The Labute approximate surface area is 97.7 Å². The van der Waals surface area contributed by atoms with Crippen LogP contribution in [0.4, 0.5) is 0 Å². The van der Waals surface area contributed by atoms with Gasteiger partial charge in [0.1, 0.15) is 5.69 Å². The topological polar surface area (TPSA) is 54.5 Å². The summed E-state index contributed by atoms with van der Waals surface area (Å²) in [4.78, 5) is 3.03. The predicted molar refractivity (Wildman–Crippen MR) is 61.8 cm³/mol. The summed E-state index contributed by atoms with van der Waals surface area (Å²) in [6, 6.07) is 5.37. The van der Waals surface area contributed by atoms with Crippen LogP contribution in [0.2, 0.25) is 5.02 Å². The molecule has 0 bridgehead atoms. The van der Waals surface area contributed by atoms with Crippen molar-refractivity contribution >= 4 is 22.5 Å². The first-order chi connectivity index (χ1) is 7.67. The zero-order chi connectivity index (χ0) is 11.7. The summed E-state index contributed by atoms with van der Waals surface area (Å²) in [6.45, 7) is 0. The number of H-pyrrole nitrogens is 1. The molecular formula is C11H12ClNO3. The first-order valence-electron chi connectivity index (χ1n) is 4.73. The molecule has 0 amide bonds. The standard InChI is InChI=1S/C11H12ClNO3/c1-15-10-7-5-6(12)3-4-8(7)13-9(10)11(14)16-2/h3-5,11,13-14H,1-2H3. The van der Waals surface area contributed by atoms with Gasteiger partial charge in [-0.05, 0) is 18.2 Å². The molecule has 0 aliphatic rings. The molecule has 4 nitrogen and oxygen atoms in total. The third-order valence-electron chi connectivity index (χ3n) is 2.41. The fourth-order valence-corrected chi connectivity index (χ4v) is 1.84. The first-order valence-corrected chi connectivity index (χ1v) is 5.11. The van der Waals surface area contributed by atoms with Gasteiger partial charge in [0.15, 0.2) is 12.0 Å². The Kier molecular flexibility index (Phi) is 3.05. The average Bonchev–Trinajstić information content (AvgIpc) is 2.65. The van der Waals surface area contributed by atoms with Gasteiger partial charge in [-0.3, -0.25) is 0 Å². The molecule has 0 fully saturated rings. The van der Waals surface area contributed by atoms with Crippen LogP contribution >= 0.6 is 11.6 Å². The van der Waals surface area contributed by atoms with Crippen LogP contribution < -0.4 is 4.74 Å². The molecule has 16 heavy (non-hydrogen) atoms. The molecule has 0 saturated heterocycles. The lowest BCUT2D eigenvalue weighted by Crippen LogP contribution is -2.01. The number of hydrogen-bond donors (Lipinski definition) is 2. The summed E-state index contributed by atoms with van der Waals surface area (Å²) in [6.07, 6.45) is -1.04. The number of methoxy groups -OCH3 is 2. The number of aliphatic hydroxyl groups is 1. The Bertz CT molecular complexity index is 509. The predicted octanol–water partition coefficient (Wildman–Crippen LogP) is 2.47. The summed E-state index contributed by atoms with van der Waals surface area (Å²) < 4.78 is 10.1. The van der Waals surface area contributed by atoms with Crippen molar-refractivity contribution in [2.75, 3.05) is 14.2 Å². The molecule has 2 rings (SSSR count). The van der Waals surface area contributed by atoms with Crippen LogP contribution in [0, 0.1) is 0 Å². The van der Waals surface area contributed by atoms with E-state index in [0.717, 1.165) is 10.9 Å². The Balaban J connectivity index is 2.66. The van der Waals surface area contributed by atoms with Gasteiger partial charge in [0.2, 0.25) is 0 Å². The molecule has 0 radical (unpaired) electrons. The van der Waals surface area contributed by atoms with E-state index in [4.69, 9.17) is 21.1 Å². The highest BCUT2D eigenvalue weighted by molar-refractivity contribution is 6.31. The molecule has 1 heterocycles. The zero-order valence-corrected chi connectivity index (χ0v) is 9.71. The van der Waals surface area contributed by atoms with Gasteiger partial charge in [-0.1, -0.05) is 11.6 Å². The number of ether oxygens (including phenoxy) is 2. The van der Waals surface area contributed by atoms with Crippen molar-refractivity contribution in [1.82, 2.24) is 4.98 Å². The minimum Gasteiger partial charge on any atom is -0.494 e. The molecule has 0 aliphatic carbocycles. The highest BCUT2D eigenvalue weighted by atomic mass is 35.5. The average molecular weight is 242 g/mol. The SMILES string of the molecule is COc1c(C(O)OC)[nH]c2ccc(Cl)cc12. The van der Waals surface area contributed by atoms with Crippen molar-refractivity contribution in [3.8, 4) is 5.75 Å². The Morgan fingerprint density at radius 1 is 1.38 bits per heavy atom. The van der Waals surface area contributed by atoms with E-state index in [1.54, 1.807) is 12.1 Å². The Morgan fingerprint density at radius 2 is 2.12 bits per heavy atom. The van der Waals surface area contributed by atoms with Crippen LogP contribution in [0.1, 0.15) is 12.0 Å². The highest BCUT2D eigenvalue weighted by Crippen LogP contribution is 2.35. The first kappa shape index (κ1) is 11.3. The van der Waals surface area contributed by atoms with Gasteiger partial charge >= 0.3 is 0 Å². The lowest BCUT2D eigenvalue weighted by atomic mass is 10.2. The number of halogens is 1. The molecule has 0 saturated carbocycles. The molecule has 1 unspecified atom stereocenters. The summed E-state index contributed by atoms with van der Waals surface area (Å²) >= 11 is 5.91. The Hall–Kier alpha value is -1.23. The van der Waals surface area contributed by atoms with Crippen LogP contribution in [0.25, 0.3) is 10.9 Å². The second-order valence-corrected chi connectivity index (χ2v) is 3.79. The largest absolute Gasteiger partial charge is 0.494 e. The number of aliphatic hydroxyl groups excluding tert-OH is 1. The second kappa shape index (κ2) is 4.33. The lowest BCUT2D eigenvalue weighted by Gasteiger charge is -2.08. The number of nitrogens with one attached hydrogen (secondary N) is 1. The lowest BCUT2D eigenvalue weighted by molar-refractivity contribution is -0.0805. The fraction of sp³-hybridized carbons (Fsp3) is 0.273. The van der Waals surface area contributed by atoms with E-state index in [2.05, 4.69) is 4.98 Å². The maximum absolute atomic E-state index is 9.65. The van der Waals surface area contributed by atoms with Gasteiger partial charge in [0, 0.05) is 23.0 Å². The smallest absolute Gasteiger partial charge is 0.199 e. The Morgan fingerprint density at radius 3 is 2.75 bits per heavy atom. The number of benzene rings is 1. The highest BCUT2D eigenvalue weighted by Gasteiger charge is 2.18. The van der Waals surface area contributed by atoms with Crippen molar-refractivity contribution in [3.63, 3.8) is 0 Å². The molecular weight excluding hydrogens is 230 g/mol. The molecule has 5 heteroatoms. The summed E-state index contributed by atoms with van der Waals surface area (Å²) in [5.41, 5.74) is 1.33. The van der Waals surface area contributed by atoms with Gasteiger partial charge < -0.3 is 19.6 Å². The van der Waals surface area contributed by atoms with Crippen LogP contribution in [-0.2, 0) is 4.74 Å². The van der Waals surface area contributed by atoms with E-state index >= 15 is 0 Å². The van der Waals surface area contributed by atoms with E-state index in [-0.39, 0.29) is 0 Å². The van der Waals surface area contributed by atoms with Gasteiger partial charge in [-0.25, -0.2) is 0 Å². The maximum atomic E-state index is 9.65.